The quantitative estimate of drug-likeness (QED) is 0.395. The summed E-state index contributed by atoms with van der Waals surface area (Å²) in [4.78, 5) is 26.2. The molecule has 0 saturated carbocycles. The number of hydrogen-bond donors (Lipinski definition) is 2. The van der Waals surface area contributed by atoms with E-state index in [1.165, 1.54) is 41.1 Å². The van der Waals surface area contributed by atoms with Gasteiger partial charge in [-0.3, -0.25) is 9.59 Å². The lowest BCUT2D eigenvalue weighted by Gasteiger charge is -2.13. The van der Waals surface area contributed by atoms with E-state index in [0.29, 0.717) is 11.2 Å². The maximum Gasteiger partial charge on any atom is 0.279 e. The number of phenols is 1. The van der Waals surface area contributed by atoms with Gasteiger partial charge in [0.25, 0.3) is 21.5 Å². The number of phenolic OH excluding ortho intramolecular Hbond substituents is 1. The summed E-state index contributed by atoms with van der Waals surface area (Å²) >= 11 is 0. The third kappa shape index (κ3) is 4.09. The molecule has 9 heteroatoms. The van der Waals surface area contributed by atoms with Gasteiger partial charge in [-0.1, -0.05) is 36.4 Å². The van der Waals surface area contributed by atoms with Crippen LogP contribution in [0.1, 0.15) is 10.4 Å². The molecule has 1 amide bonds. The second-order valence-corrected chi connectivity index (χ2v) is 9.44. The van der Waals surface area contributed by atoms with Crippen LogP contribution in [0.25, 0.3) is 22.3 Å². The fourth-order valence-electron chi connectivity index (χ4n) is 3.84. The Morgan fingerprint density at radius 2 is 1.31 bits per heavy atom. The zero-order chi connectivity index (χ0) is 24.6. The predicted octanol–water partition coefficient (Wildman–Crippen LogP) is 3.61. The largest absolute Gasteiger partial charge is 0.508 e. The van der Waals surface area contributed by atoms with Crippen molar-refractivity contribution >= 4 is 26.8 Å². The van der Waals surface area contributed by atoms with E-state index in [0.717, 1.165) is 5.69 Å². The maximum absolute atomic E-state index is 13.5. The topological polar surface area (TPSA) is 110 Å². The Morgan fingerprint density at radius 1 is 0.743 bits per heavy atom. The van der Waals surface area contributed by atoms with Crippen LogP contribution in [0.3, 0.4) is 0 Å². The van der Waals surface area contributed by atoms with Gasteiger partial charge in [0.2, 0.25) is 0 Å². The fourth-order valence-corrected chi connectivity index (χ4v) is 4.81. The van der Waals surface area contributed by atoms with Crippen LogP contribution in [-0.2, 0) is 10.0 Å². The molecule has 0 unspecified atom stereocenters. The molecule has 35 heavy (non-hydrogen) atoms. The number of rotatable bonds is 5. The number of sulfonamides is 1. The van der Waals surface area contributed by atoms with Crippen molar-refractivity contribution in [1.29, 1.82) is 0 Å². The molecular formula is C26H19N3O5S. The molecule has 0 aliphatic rings. The van der Waals surface area contributed by atoms with E-state index in [2.05, 4.69) is 0 Å². The van der Waals surface area contributed by atoms with Gasteiger partial charge in [0.1, 0.15) is 5.75 Å². The lowest BCUT2D eigenvalue weighted by Crippen LogP contribution is -2.30. The normalized spacial score (nSPS) is 11.4. The molecular weight excluding hydrogens is 466 g/mol. The molecule has 5 rings (SSSR count). The molecule has 0 bridgehead atoms. The minimum atomic E-state index is -4.18. The minimum absolute atomic E-state index is 0.0161. The van der Waals surface area contributed by atoms with Crippen molar-refractivity contribution in [2.24, 2.45) is 0 Å². The zero-order valence-electron chi connectivity index (χ0n) is 18.2. The highest BCUT2D eigenvalue weighted by Gasteiger charge is 2.21. The van der Waals surface area contributed by atoms with Crippen LogP contribution in [0.2, 0.25) is 0 Å². The van der Waals surface area contributed by atoms with E-state index in [9.17, 15) is 23.1 Å². The second kappa shape index (κ2) is 8.62. The minimum Gasteiger partial charge on any atom is -0.508 e. The molecule has 0 radical (unpaired) electrons. The summed E-state index contributed by atoms with van der Waals surface area (Å²) in [6.07, 6.45) is 0. The number of hydrogen-bond acceptors (Lipinski definition) is 5. The average Bonchev–Trinajstić information content (AvgIpc) is 3.17. The number of amides is 1. The van der Waals surface area contributed by atoms with Gasteiger partial charge in [-0.05, 0) is 66.7 Å². The number of aromatic hydroxyl groups is 1. The Balaban J connectivity index is 1.62. The van der Waals surface area contributed by atoms with Gasteiger partial charge in [0.15, 0.2) is 0 Å². The van der Waals surface area contributed by atoms with Crippen LogP contribution >= 0.6 is 0 Å². The van der Waals surface area contributed by atoms with E-state index in [-0.39, 0.29) is 27.2 Å². The Bertz CT molecular complexity index is 1710. The average molecular weight is 486 g/mol. The van der Waals surface area contributed by atoms with Crippen molar-refractivity contribution in [2.45, 2.75) is 4.90 Å². The van der Waals surface area contributed by atoms with Crippen LogP contribution < -0.4 is 10.3 Å². The SMILES string of the molecule is O=C(NS(=O)(=O)c1ccc(O)cc1)c1ccc2c(c1)c(=O)n(-c1ccccc1)n2-c1ccccc1. The summed E-state index contributed by atoms with van der Waals surface area (Å²) in [5.41, 5.74) is 1.60. The highest BCUT2D eigenvalue weighted by atomic mass is 32.2. The van der Waals surface area contributed by atoms with Crippen molar-refractivity contribution in [3.05, 3.63) is 119 Å². The Morgan fingerprint density at radius 3 is 1.91 bits per heavy atom. The van der Waals surface area contributed by atoms with Crippen molar-refractivity contribution < 1.29 is 18.3 Å². The monoisotopic (exact) mass is 485 g/mol. The molecule has 0 atom stereocenters. The van der Waals surface area contributed by atoms with Gasteiger partial charge in [-0.2, -0.15) is 0 Å². The molecule has 174 valence electrons. The summed E-state index contributed by atoms with van der Waals surface area (Å²) in [7, 11) is -4.18. The molecule has 1 heterocycles. The smallest absolute Gasteiger partial charge is 0.279 e. The van der Waals surface area contributed by atoms with Crippen LogP contribution in [0, 0.1) is 0 Å². The first-order valence-corrected chi connectivity index (χ1v) is 12.1. The highest BCUT2D eigenvalue weighted by Crippen LogP contribution is 2.22. The van der Waals surface area contributed by atoms with Crippen molar-refractivity contribution in [2.75, 3.05) is 0 Å². The Labute approximate surface area is 200 Å². The summed E-state index contributed by atoms with van der Waals surface area (Å²) in [5, 5.41) is 9.64. The zero-order valence-corrected chi connectivity index (χ0v) is 19.0. The molecule has 4 aromatic carbocycles. The summed E-state index contributed by atoms with van der Waals surface area (Å²) in [5.74, 6) is -0.976. The maximum atomic E-state index is 13.5. The molecule has 2 N–H and O–H groups in total. The van der Waals surface area contributed by atoms with Crippen LogP contribution in [0.4, 0.5) is 0 Å². The van der Waals surface area contributed by atoms with Crippen molar-refractivity contribution in [3.63, 3.8) is 0 Å². The van der Waals surface area contributed by atoms with E-state index < -0.39 is 15.9 Å². The van der Waals surface area contributed by atoms with Gasteiger partial charge < -0.3 is 5.11 Å². The first-order valence-electron chi connectivity index (χ1n) is 10.6. The summed E-state index contributed by atoms with van der Waals surface area (Å²) in [6.45, 7) is 0. The van der Waals surface area contributed by atoms with Gasteiger partial charge in [0, 0.05) is 5.56 Å². The van der Waals surface area contributed by atoms with Crippen molar-refractivity contribution in [1.82, 2.24) is 14.1 Å². The number of nitrogens with one attached hydrogen (secondary N) is 1. The van der Waals surface area contributed by atoms with Crippen molar-refractivity contribution in [3.8, 4) is 17.1 Å². The van der Waals surface area contributed by atoms with Gasteiger partial charge in [-0.15, -0.1) is 0 Å². The highest BCUT2D eigenvalue weighted by molar-refractivity contribution is 7.90. The fraction of sp³-hybridized carbons (Fsp3) is 0. The number of carbonyl (C=O) groups is 1. The van der Waals surface area contributed by atoms with Gasteiger partial charge in [-0.25, -0.2) is 22.5 Å². The number of nitrogens with zero attached hydrogens (tertiary/aromatic N) is 2. The second-order valence-electron chi connectivity index (χ2n) is 7.76. The lowest BCUT2D eigenvalue weighted by molar-refractivity contribution is 0.0981. The third-order valence-electron chi connectivity index (χ3n) is 5.49. The Hall–Kier alpha value is -4.63. The number of fused-ring (bicyclic) bond motifs is 1. The number of para-hydroxylation sites is 2. The van der Waals surface area contributed by atoms with Crippen LogP contribution in [0.15, 0.2) is 113 Å². The molecule has 0 saturated heterocycles. The number of aromatic nitrogens is 2. The number of benzene rings is 4. The molecule has 0 fully saturated rings. The van der Waals surface area contributed by atoms with E-state index >= 15 is 0 Å². The van der Waals surface area contributed by atoms with E-state index in [4.69, 9.17) is 0 Å². The molecule has 1 aromatic heterocycles. The standard InChI is InChI=1S/C26H19N3O5S/c30-21-12-14-22(15-13-21)35(33,34)27-25(31)18-11-16-24-23(17-18)26(32)29(20-9-5-2-6-10-20)28(24)19-7-3-1-4-8-19/h1-17,30H,(H,27,31). The van der Waals surface area contributed by atoms with E-state index in [1.807, 2.05) is 53.3 Å². The first-order chi connectivity index (χ1) is 16.8. The van der Waals surface area contributed by atoms with Gasteiger partial charge >= 0.3 is 0 Å². The van der Waals surface area contributed by atoms with E-state index in [1.54, 1.807) is 22.9 Å². The lowest BCUT2D eigenvalue weighted by atomic mass is 10.1. The molecule has 5 aromatic rings. The Kier molecular flexibility index (Phi) is 5.46. The van der Waals surface area contributed by atoms with Crippen LogP contribution in [0.5, 0.6) is 5.75 Å². The first kappa shape index (κ1) is 22.2. The summed E-state index contributed by atoms with van der Waals surface area (Å²) in [6, 6.07) is 27.7. The van der Waals surface area contributed by atoms with Gasteiger partial charge in [0.05, 0.1) is 27.2 Å². The number of carbonyl (C=O) groups excluding carboxylic acids is 1. The molecule has 0 aliphatic carbocycles. The third-order valence-corrected chi connectivity index (χ3v) is 6.83. The molecule has 0 spiro atoms. The summed E-state index contributed by atoms with van der Waals surface area (Å²) < 4.78 is 30.5. The predicted molar refractivity (Wildman–Crippen MR) is 132 cm³/mol. The molecule has 8 nitrogen and oxygen atoms in total. The van der Waals surface area contributed by atoms with Crippen LogP contribution in [-0.4, -0.2) is 28.8 Å². The molecule has 0 aliphatic heterocycles.